The van der Waals surface area contributed by atoms with Gasteiger partial charge in [-0.25, -0.2) is 0 Å². The van der Waals surface area contributed by atoms with Crippen molar-refractivity contribution >= 4 is 16.1 Å². The van der Waals surface area contributed by atoms with Gasteiger partial charge in [0.1, 0.15) is 0 Å². The van der Waals surface area contributed by atoms with Gasteiger partial charge in [-0.15, -0.1) is 0 Å². The van der Waals surface area contributed by atoms with Crippen LogP contribution in [0.5, 0.6) is 0 Å². The zero-order valence-corrected chi connectivity index (χ0v) is 12.8. The van der Waals surface area contributed by atoms with Gasteiger partial charge >= 0.3 is 0 Å². The first-order valence-electron chi connectivity index (χ1n) is 6.31. The van der Waals surface area contributed by atoms with Crippen molar-refractivity contribution in [1.29, 1.82) is 0 Å². The second kappa shape index (κ2) is 6.53. The molecule has 15 heavy (non-hydrogen) atoms. The topological polar surface area (TPSA) is 3.24 Å². The molecule has 0 radical (unpaired) electrons. The van der Waals surface area contributed by atoms with E-state index < -0.39 is 0 Å². The molecule has 0 aromatic heterocycles. The van der Waals surface area contributed by atoms with Crippen LogP contribution in [0.3, 0.4) is 0 Å². The van der Waals surface area contributed by atoms with E-state index in [0.717, 1.165) is 11.3 Å². The van der Waals surface area contributed by atoms with Crippen molar-refractivity contribution in [3.8, 4) is 0 Å². The first-order valence-corrected chi connectivity index (χ1v) is 9.93. The van der Waals surface area contributed by atoms with E-state index in [1.54, 1.807) is 0 Å². The van der Waals surface area contributed by atoms with Crippen LogP contribution in [-0.4, -0.2) is 35.6 Å². The van der Waals surface area contributed by atoms with E-state index in [1.807, 2.05) is 0 Å². The smallest absolute Gasteiger partial charge is 0.00616 e. The summed E-state index contributed by atoms with van der Waals surface area (Å²) in [5.74, 6) is 0. The Morgan fingerprint density at radius 2 is 1.73 bits per heavy atom. The summed E-state index contributed by atoms with van der Waals surface area (Å²) in [6, 6.07) is 0. The monoisotopic (exact) mass is 247 g/mol. The molecule has 0 aromatic carbocycles. The van der Waals surface area contributed by atoms with Crippen LogP contribution in [0.1, 0.15) is 46.5 Å². The summed E-state index contributed by atoms with van der Waals surface area (Å²) >= 11 is 0. The quantitative estimate of drug-likeness (QED) is 0.636. The largest absolute Gasteiger partial charge is 0.260 e. The van der Waals surface area contributed by atoms with E-state index in [4.69, 9.17) is 0 Å². The molecule has 1 saturated heterocycles. The van der Waals surface area contributed by atoms with Gasteiger partial charge in [0.2, 0.25) is 0 Å². The summed E-state index contributed by atoms with van der Waals surface area (Å²) in [4.78, 5) is 0. The zero-order valence-electron chi connectivity index (χ0n) is 11.0. The van der Waals surface area contributed by atoms with Crippen LogP contribution >= 0.6 is 16.1 Å². The SMILES string of the molecule is CCCCN(P(C)C)P1[C@H](C)CC[C@H]1C. The summed E-state index contributed by atoms with van der Waals surface area (Å²) < 4.78 is 2.89. The van der Waals surface area contributed by atoms with E-state index in [2.05, 4.69) is 38.5 Å². The van der Waals surface area contributed by atoms with Crippen LogP contribution in [0, 0.1) is 0 Å². The third kappa shape index (κ3) is 3.65. The lowest BCUT2D eigenvalue weighted by atomic mass is 10.2. The summed E-state index contributed by atoms with van der Waals surface area (Å²) in [5, 5.41) is 0. The molecule has 0 aliphatic carbocycles. The van der Waals surface area contributed by atoms with E-state index in [-0.39, 0.29) is 16.1 Å². The third-order valence-corrected chi connectivity index (χ3v) is 9.22. The minimum absolute atomic E-state index is 0.122. The summed E-state index contributed by atoms with van der Waals surface area (Å²) in [7, 11) is 0.302. The van der Waals surface area contributed by atoms with Crippen molar-refractivity contribution < 1.29 is 0 Å². The second-order valence-corrected chi connectivity index (χ2v) is 10.5. The van der Waals surface area contributed by atoms with Crippen molar-refractivity contribution in [1.82, 2.24) is 4.44 Å². The number of unbranched alkanes of at least 4 members (excludes halogenated alkanes) is 1. The Kier molecular flexibility index (Phi) is 6.04. The molecular weight excluding hydrogens is 220 g/mol. The highest BCUT2D eigenvalue weighted by Crippen LogP contribution is 2.64. The van der Waals surface area contributed by atoms with Crippen molar-refractivity contribution in [2.24, 2.45) is 0 Å². The molecule has 0 aromatic rings. The van der Waals surface area contributed by atoms with Gasteiger partial charge in [-0.2, -0.15) is 0 Å². The molecule has 0 unspecified atom stereocenters. The number of rotatable bonds is 5. The van der Waals surface area contributed by atoms with Crippen LogP contribution < -0.4 is 0 Å². The Hall–Kier alpha value is 0.820. The maximum Gasteiger partial charge on any atom is 0.00616 e. The number of nitrogens with zero attached hydrogens (tertiary/aromatic N) is 1. The van der Waals surface area contributed by atoms with Crippen LogP contribution in [0.25, 0.3) is 0 Å². The first kappa shape index (κ1) is 13.9. The fraction of sp³-hybridized carbons (Fsp3) is 1.00. The molecule has 0 bridgehead atoms. The molecule has 1 nitrogen and oxygen atoms in total. The molecule has 0 spiro atoms. The van der Waals surface area contributed by atoms with Crippen molar-refractivity contribution in [3.63, 3.8) is 0 Å². The van der Waals surface area contributed by atoms with Crippen molar-refractivity contribution in [2.45, 2.75) is 57.8 Å². The molecule has 0 saturated carbocycles. The van der Waals surface area contributed by atoms with Gasteiger partial charge in [0.15, 0.2) is 0 Å². The predicted octanol–water partition coefficient (Wildman–Crippen LogP) is 4.71. The van der Waals surface area contributed by atoms with Crippen molar-refractivity contribution in [2.75, 3.05) is 19.9 Å². The van der Waals surface area contributed by atoms with E-state index in [9.17, 15) is 0 Å². The summed E-state index contributed by atoms with van der Waals surface area (Å²) in [6.07, 6.45) is 5.67. The Morgan fingerprint density at radius 3 is 2.13 bits per heavy atom. The molecule has 2 atom stereocenters. The molecular formula is C12H27NP2. The van der Waals surface area contributed by atoms with Crippen molar-refractivity contribution in [3.05, 3.63) is 0 Å². The molecule has 90 valence electrons. The second-order valence-electron chi connectivity index (χ2n) is 4.95. The maximum atomic E-state index is 2.89. The summed E-state index contributed by atoms with van der Waals surface area (Å²) in [5.41, 5.74) is 1.97. The van der Waals surface area contributed by atoms with Gasteiger partial charge in [-0.1, -0.05) is 27.2 Å². The Balaban J connectivity index is 2.61. The van der Waals surface area contributed by atoms with Gasteiger partial charge in [-0.05, 0) is 60.1 Å². The Morgan fingerprint density at radius 1 is 1.20 bits per heavy atom. The zero-order chi connectivity index (χ0) is 11.4. The highest BCUT2D eigenvalue weighted by atomic mass is 31.2. The predicted molar refractivity (Wildman–Crippen MR) is 75.5 cm³/mol. The van der Waals surface area contributed by atoms with Gasteiger partial charge in [0.05, 0.1) is 0 Å². The number of hydrogen-bond donors (Lipinski definition) is 0. The molecule has 1 aliphatic rings. The van der Waals surface area contributed by atoms with Crippen LogP contribution in [0.2, 0.25) is 0 Å². The van der Waals surface area contributed by atoms with Crippen LogP contribution in [0.4, 0.5) is 0 Å². The van der Waals surface area contributed by atoms with E-state index in [1.165, 1.54) is 32.2 Å². The molecule has 0 N–H and O–H groups in total. The number of hydrogen-bond acceptors (Lipinski definition) is 1. The standard InChI is InChI=1S/C12H27NP2/c1-6-7-10-13(14(4)5)15-11(2)8-9-12(15)3/h11-12H,6-10H2,1-5H3/t11-,12-/m1/s1. The average Bonchev–Trinajstić information content (AvgIpc) is 2.49. The fourth-order valence-corrected chi connectivity index (χ4v) is 8.69. The molecule has 0 amide bonds. The van der Waals surface area contributed by atoms with Crippen LogP contribution in [-0.2, 0) is 0 Å². The highest BCUT2D eigenvalue weighted by molar-refractivity contribution is 7.70. The van der Waals surface area contributed by atoms with Gasteiger partial charge in [0.25, 0.3) is 0 Å². The lowest BCUT2D eigenvalue weighted by Gasteiger charge is -2.37. The molecule has 1 fully saturated rings. The third-order valence-electron chi connectivity index (χ3n) is 3.35. The lowest BCUT2D eigenvalue weighted by molar-refractivity contribution is 0.630. The average molecular weight is 247 g/mol. The summed E-state index contributed by atoms with van der Waals surface area (Å²) in [6.45, 7) is 13.5. The maximum absolute atomic E-state index is 2.89. The van der Waals surface area contributed by atoms with Gasteiger partial charge in [0, 0.05) is 6.54 Å². The van der Waals surface area contributed by atoms with E-state index >= 15 is 0 Å². The van der Waals surface area contributed by atoms with Gasteiger partial charge < -0.3 is 0 Å². The van der Waals surface area contributed by atoms with Crippen LogP contribution in [0.15, 0.2) is 0 Å². The molecule has 3 heteroatoms. The highest BCUT2D eigenvalue weighted by Gasteiger charge is 2.35. The van der Waals surface area contributed by atoms with E-state index in [0.29, 0.717) is 0 Å². The molecule has 1 rings (SSSR count). The minimum atomic E-state index is 0.122. The minimum Gasteiger partial charge on any atom is -0.260 e. The normalized spacial score (nSPS) is 28.2. The lowest BCUT2D eigenvalue weighted by Crippen LogP contribution is -2.19. The molecule has 1 aliphatic heterocycles. The fourth-order valence-electron chi connectivity index (χ4n) is 2.46. The van der Waals surface area contributed by atoms with Gasteiger partial charge in [-0.3, -0.25) is 4.44 Å². The molecule has 1 heterocycles. The first-order chi connectivity index (χ1) is 7.07. The Labute approximate surface area is 98.6 Å². The Bertz CT molecular complexity index is 174.